The second-order valence-electron chi connectivity index (χ2n) is 5.08. The molecule has 0 unspecified atom stereocenters. The van der Waals surface area contributed by atoms with E-state index in [-0.39, 0.29) is 11.3 Å². The quantitative estimate of drug-likeness (QED) is 0.365. The fourth-order valence-corrected chi connectivity index (χ4v) is 3.26. The first-order chi connectivity index (χ1) is 7.72. The van der Waals surface area contributed by atoms with Gasteiger partial charge in [0.1, 0.15) is 5.56 Å². The van der Waals surface area contributed by atoms with E-state index < -0.39 is 18.2 Å². The first-order valence-corrected chi connectivity index (χ1v) is 9.27. The van der Waals surface area contributed by atoms with Crippen LogP contribution in [0.25, 0.3) is 0 Å². The van der Waals surface area contributed by atoms with Crippen LogP contribution in [0.2, 0.25) is 19.6 Å². The highest BCUT2D eigenvalue weighted by Crippen LogP contribution is 2.27. The van der Waals surface area contributed by atoms with Crippen molar-refractivity contribution in [3.63, 3.8) is 0 Å². The molecule has 0 aliphatic carbocycles. The number of rotatable bonds is 4. The van der Waals surface area contributed by atoms with E-state index in [0.29, 0.717) is 11.6 Å². The highest BCUT2D eigenvalue weighted by Gasteiger charge is 2.26. The lowest BCUT2D eigenvalue weighted by atomic mass is 10.1. The van der Waals surface area contributed by atoms with E-state index in [9.17, 15) is 14.9 Å². The first-order valence-electron chi connectivity index (χ1n) is 5.18. The Hall–Kier alpha value is -1.20. The van der Waals surface area contributed by atoms with Gasteiger partial charge in [-0.25, -0.2) is 0 Å². The van der Waals surface area contributed by atoms with Crippen LogP contribution in [0.4, 0.5) is 5.69 Å². The van der Waals surface area contributed by atoms with Gasteiger partial charge in [0.2, 0.25) is 0 Å². The average molecular weight is 272 g/mol. The first kappa shape index (κ1) is 13.9. The summed E-state index contributed by atoms with van der Waals surface area (Å²) in [4.78, 5) is 21.7. The number of carbonyl (C=O) groups is 1. The molecule has 4 nitrogen and oxygen atoms in total. The molecule has 0 saturated carbocycles. The Labute approximate surface area is 106 Å². The predicted octanol–water partition coefficient (Wildman–Crippen LogP) is 3.39. The number of carbonyl (C=O) groups excluding carboxylic acids is 1. The van der Waals surface area contributed by atoms with Crippen LogP contribution >= 0.6 is 11.6 Å². The third-order valence-corrected chi connectivity index (χ3v) is 3.88. The molecular weight excluding hydrogens is 258 g/mol. The SMILES string of the molecule is C[Si](C)(C)Cc1cccc(C(=O)Cl)c1[N+](=O)[O-]. The minimum absolute atomic E-state index is 0.0209. The highest BCUT2D eigenvalue weighted by molar-refractivity contribution is 6.75. The van der Waals surface area contributed by atoms with Gasteiger partial charge < -0.3 is 0 Å². The summed E-state index contributed by atoms with van der Waals surface area (Å²) in [5.41, 5.74) is 0.433. The molecule has 0 saturated heterocycles. The fourth-order valence-electron chi connectivity index (χ4n) is 1.68. The van der Waals surface area contributed by atoms with Gasteiger partial charge in [0.25, 0.3) is 10.9 Å². The monoisotopic (exact) mass is 271 g/mol. The van der Waals surface area contributed by atoms with E-state index in [1.165, 1.54) is 6.07 Å². The number of hydrogen-bond donors (Lipinski definition) is 0. The number of nitrogens with zero attached hydrogens (tertiary/aromatic N) is 1. The lowest BCUT2D eigenvalue weighted by Crippen LogP contribution is -2.24. The summed E-state index contributed by atoms with van der Waals surface area (Å²) < 4.78 is 0. The number of nitro groups is 1. The van der Waals surface area contributed by atoms with Crippen molar-refractivity contribution in [3.05, 3.63) is 39.4 Å². The van der Waals surface area contributed by atoms with E-state index in [2.05, 4.69) is 19.6 Å². The van der Waals surface area contributed by atoms with Crippen molar-refractivity contribution >= 4 is 30.6 Å². The Morgan fingerprint density at radius 1 is 1.41 bits per heavy atom. The summed E-state index contributed by atoms with van der Waals surface area (Å²) >= 11 is 5.36. The van der Waals surface area contributed by atoms with Gasteiger partial charge in [0, 0.05) is 13.6 Å². The van der Waals surface area contributed by atoms with Crippen LogP contribution in [0.15, 0.2) is 18.2 Å². The number of para-hydroxylation sites is 1. The van der Waals surface area contributed by atoms with E-state index in [0.717, 1.165) is 0 Å². The molecule has 0 amide bonds. The molecule has 0 bridgehead atoms. The Morgan fingerprint density at radius 3 is 2.41 bits per heavy atom. The molecule has 1 rings (SSSR count). The van der Waals surface area contributed by atoms with Crippen LogP contribution in [0.3, 0.4) is 0 Å². The molecule has 0 heterocycles. The van der Waals surface area contributed by atoms with E-state index >= 15 is 0 Å². The van der Waals surface area contributed by atoms with Gasteiger partial charge in [0.15, 0.2) is 0 Å². The minimum Gasteiger partial charge on any atom is -0.275 e. The lowest BCUT2D eigenvalue weighted by Gasteiger charge is -2.16. The Balaban J connectivity index is 3.35. The third kappa shape index (κ3) is 3.64. The second kappa shape index (κ2) is 4.97. The summed E-state index contributed by atoms with van der Waals surface area (Å²) in [5.74, 6) is 0. The van der Waals surface area contributed by atoms with Gasteiger partial charge in [-0.2, -0.15) is 0 Å². The molecule has 0 spiro atoms. The van der Waals surface area contributed by atoms with Crippen molar-refractivity contribution in [3.8, 4) is 0 Å². The summed E-state index contributed by atoms with van der Waals surface area (Å²) in [7, 11) is -1.49. The van der Waals surface area contributed by atoms with Gasteiger partial charge in [-0.1, -0.05) is 31.8 Å². The smallest absolute Gasteiger partial charge is 0.275 e. The molecule has 0 aromatic heterocycles. The Kier molecular flexibility index (Phi) is 4.06. The zero-order valence-electron chi connectivity index (χ0n) is 9.99. The molecule has 1 aromatic rings. The van der Waals surface area contributed by atoms with Crippen molar-refractivity contribution < 1.29 is 9.72 Å². The molecule has 1 aromatic carbocycles. The van der Waals surface area contributed by atoms with Crippen LogP contribution in [-0.2, 0) is 6.04 Å². The molecule has 0 aliphatic heterocycles. The van der Waals surface area contributed by atoms with Crippen LogP contribution in [0.1, 0.15) is 15.9 Å². The topological polar surface area (TPSA) is 60.2 Å². The zero-order valence-corrected chi connectivity index (χ0v) is 11.7. The standard InChI is InChI=1S/C11H14ClNO3Si/c1-17(2,3)7-8-5-4-6-9(11(12)14)10(8)13(15)16/h4-6H,7H2,1-3H3. The molecule has 17 heavy (non-hydrogen) atoms. The molecule has 92 valence electrons. The summed E-state index contributed by atoms with van der Waals surface area (Å²) in [6.07, 6.45) is 0. The molecule has 0 fully saturated rings. The molecule has 0 atom stereocenters. The van der Waals surface area contributed by atoms with Gasteiger partial charge in [-0.3, -0.25) is 14.9 Å². The largest absolute Gasteiger partial charge is 0.284 e. The number of benzene rings is 1. The summed E-state index contributed by atoms with van der Waals surface area (Å²) in [5, 5.41) is 10.3. The Morgan fingerprint density at radius 2 is 2.00 bits per heavy atom. The van der Waals surface area contributed by atoms with Crippen molar-refractivity contribution in [1.82, 2.24) is 0 Å². The molecular formula is C11H14ClNO3Si. The maximum Gasteiger partial charge on any atom is 0.284 e. The number of nitro benzene ring substituents is 1. The molecule has 0 aliphatic rings. The summed E-state index contributed by atoms with van der Waals surface area (Å²) in [6, 6.07) is 5.38. The van der Waals surface area contributed by atoms with Gasteiger partial charge >= 0.3 is 0 Å². The number of halogens is 1. The van der Waals surface area contributed by atoms with Gasteiger partial charge in [-0.15, -0.1) is 0 Å². The van der Waals surface area contributed by atoms with Crippen LogP contribution in [-0.4, -0.2) is 18.2 Å². The van der Waals surface area contributed by atoms with Crippen LogP contribution < -0.4 is 0 Å². The minimum atomic E-state index is -1.49. The maximum atomic E-state index is 11.2. The molecule has 0 radical (unpaired) electrons. The van der Waals surface area contributed by atoms with E-state index in [1.54, 1.807) is 12.1 Å². The van der Waals surface area contributed by atoms with E-state index in [4.69, 9.17) is 11.6 Å². The highest BCUT2D eigenvalue weighted by atomic mass is 35.5. The number of hydrogen-bond acceptors (Lipinski definition) is 3. The van der Waals surface area contributed by atoms with Crippen molar-refractivity contribution in [2.45, 2.75) is 25.7 Å². The van der Waals surface area contributed by atoms with Crippen LogP contribution in [0, 0.1) is 10.1 Å². The summed E-state index contributed by atoms with van der Waals surface area (Å²) in [6.45, 7) is 6.35. The zero-order chi connectivity index (χ0) is 13.2. The lowest BCUT2D eigenvalue weighted by molar-refractivity contribution is -0.385. The molecule has 0 N–H and O–H groups in total. The van der Waals surface area contributed by atoms with E-state index in [1.807, 2.05) is 0 Å². The van der Waals surface area contributed by atoms with Crippen molar-refractivity contribution in [1.29, 1.82) is 0 Å². The van der Waals surface area contributed by atoms with Crippen LogP contribution in [0.5, 0.6) is 0 Å². The van der Waals surface area contributed by atoms with Crippen molar-refractivity contribution in [2.24, 2.45) is 0 Å². The van der Waals surface area contributed by atoms with Crippen molar-refractivity contribution in [2.75, 3.05) is 0 Å². The molecule has 6 heteroatoms. The normalized spacial score (nSPS) is 11.3. The van der Waals surface area contributed by atoms with Gasteiger partial charge in [0.05, 0.1) is 4.92 Å². The second-order valence-corrected chi connectivity index (χ2v) is 10.9. The Bertz CT molecular complexity index is 468. The average Bonchev–Trinajstić information content (AvgIpc) is 2.14. The van der Waals surface area contributed by atoms with Gasteiger partial charge in [-0.05, 0) is 23.7 Å². The predicted molar refractivity (Wildman–Crippen MR) is 70.3 cm³/mol. The maximum absolute atomic E-state index is 11.2. The third-order valence-electron chi connectivity index (χ3n) is 2.23. The fraction of sp³-hybridized carbons (Fsp3) is 0.364.